The molecule has 0 amide bonds. The van der Waals surface area contributed by atoms with Crippen LogP contribution in [0.5, 0.6) is 0 Å². The quantitative estimate of drug-likeness (QED) is 0.696. The van der Waals surface area contributed by atoms with Crippen molar-refractivity contribution in [3.63, 3.8) is 0 Å². The van der Waals surface area contributed by atoms with Crippen molar-refractivity contribution in [3.05, 3.63) is 68.4 Å². The molecule has 2 aromatic rings. The standard InChI is InChI=1S/C15H8Br2FNO/c16-11-4-10(5-12(17)7-11)15(20)14(8-19)9-2-1-3-13(18)6-9/h1-7,14H. The minimum Gasteiger partial charge on any atom is -0.292 e. The van der Waals surface area contributed by atoms with E-state index in [4.69, 9.17) is 0 Å². The van der Waals surface area contributed by atoms with Crippen LogP contribution < -0.4 is 0 Å². The van der Waals surface area contributed by atoms with Crippen molar-refractivity contribution in [1.82, 2.24) is 0 Å². The molecule has 0 bridgehead atoms. The van der Waals surface area contributed by atoms with E-state index in [0.29, 0.717) is 11.1 Å². The van der Waals surface area contributed by atoms with E-state index >= 15 is 0 Å². The molecule has 2 rings (SSSR count). The number of benzene rings is 2. The molecule has 1 atom stereocenters. The molecule has 0 saturated heterocycles. The van der Waals surface area contributed by atoms with Crippen molar-refractivity contribution < 1.29 is 9.18 Å². The minimum absolute atomic E-state index is 0.355. The average molecular weight is 397 g/mol. The van der Waals surface area contributed by atoms with E-state index in [9.17, 15) is 14.4 Å². The molecule has 0 N–H and O–H groups in total. The highest BCUT2D eigenvalue weighted by Crippen LogP contribution is 2.26. The Kier molecular flexibility index (Phi) is 4.69. The summed E-state index contributed by atoms with van der Waals surface area (Å²) < 4.78 is 14.7. The predicted octanol–water partition coefficient (Wildman–Crippen LogP) is 4.84. The van der Waals surface area contributed by atoms with E-state index in [1.54, 1.807) is 24.3 Å². The number of rotatable bonds is 3. The summed E-state index contributed by atoms with van der Waals surface area (Å²) in [7, 11) is 0. The molecule has 0 aliphatic rings. The van der Waals surface area contributed by atoms with Crippen LogP contribution >= 0.6 is 31.9 Å². The van der Waals surface area contributed by atoms with Gasteiger partial charge in [0.1, 0.15) is 11.7 Å². The third-order valence-electron chi connectivity index (χ3n) is 2.72. The van der Waals surface area contributed by atoms with Gasteiger partial charge < -0.3 is 0 Å². The van der Waals surface area contributed by atoms with Crippen LogP contribution in [0.15, 0.2) is 51.4 Å². The maximum atomic E-state index is 13.2. The Morgan fingerprint density at radius 1 is 1.15 bits per heavy atom. The smallest absolute Gasteiger partial charge is 0.184 e. The first-order valence-corrected chi connectivity index (χ1v) is 7.25. The third-order valence-corrected chi connectivity index (χ3v) is 3.64. The van der Waals surface area contributed by atoms with Crippen LogP contribution in [-0.2, 0) is 0 Å². The number of hydrogen-bond donors (Lipinski definition) is 0. The molecule has 20 heavy (non-hydrogen) atoms. The summed E-state index contributed by atoms with van der Waals surface area (Å²) in [6.07, 6.45) is 0. The number of Topliss-reactive ketones (excluding diaryl/α,β-unsaturated/α-hetero) is 1. The highest BCUT2D eigenvalue weighted by Gasteiger charge is 2.22. The van der Waals surface area contributed by atoms with Crippen LogP contribution in [0.2, 0.25) is 0 Å². The van der Waals surface area contributed by atoms with Crippen LogP contribution in [0.3, 0.4) is 0 Å². The second kappa shape index (κ2) is 6.29. The summed E-state index contributed by atoms with van der Waals surface area (Å²) in [4.78, 5) is 12.4. The number of hydrogen-bond acceptors (Lipinski definition) is 2. The Bertz CT molecular complexity index is 689. The zero-order chi connectivity index (χ0) is 14.7. The molecule has 5 heteroatoms. The molecule has 0 aliphatic carbocycles. The third kappa shape index (κ3) is 3.33. The normalized spacial score (nSPS) is 11.7. The van der Waals surface area contributed by atoms with Crippen LogP contribution in [0.4, 0.5) is 4.39 Å². The number of nitriles is 1. The van der Waals surface area contributed by atoms with Crippen molar-refractivity contribution in [2.24, 2.45) is 0 Å². The summed E-state index contributed by atoms with van der Waals surface area (Å²) >= 11 is 6.59. The number of carbonyl (C=O) groups is 1. The Morgan fingerprint density at radius 2 is 1.80 bits per heavy atom. The zero-order valence-corrected chi connectivity index (χ0v) is 13.3. The molecule has 0 fully saturated rings. The van der Waals surface area contributed by atoms with Crippen LogP contribution in [-0.4, -0.2) is 5.78 Å². The maximum Gasteiger partial charge on any atom is 0.184 e. The van der Waals surface area contributed by atoms with Gasteiger partial charge in [-0.05, 0) is 35.9 Å². The Hall–Kier alpha value is -1.51. The second-order valence-electron chi connectivity index (χ2n) is 4.14. The molecule has 0 spiro atoms. The van der Waals surface area contributed by atoms with Gasteiger partial charge in [0.15, 0.2) is 5.78 Å². The first-order valence-electron chi connectivity index (χ1n) is 5.66. The molecule has 0 heterocycles. The molecule has 0 radical (unpaired) electrons. The highest BCUT2D eigenvalue weighted by atomic mass is 79.9. The number of carbonyl (C=O) groups excluding carboxylic acids is 1. The van der Waals surface area contributed by atoms with Crippen molar-refractivity contribution in [2.75, 3.05) is 0 Å². The summed E-state index contributed by atoms with van der Waals surface area (Å²) in [5.41, 5.74) is 0.746. The largest absolute Gasteiger partial charge is 0.292 e. The lowest BCUT2D eigenvalue weighted by molar-refractivity contribution is 0.0978. The number of halogens is 3. The monoisotopic (exact) mass is 395 g/mol. The molecule has 0 aromatic heterocycles. The molecule has 100 valence electrons. The summed E-state index contributed by atoms with van der Waals surface area (Å²) in [6, 6.07) is 12.5. The summed E-state index contributed by atoms with van der Waals surface area (Å²) in [5, 5.41) is 9.22. The SMILES string of the molecule is N#CC(C(=O)c1cc(Br)cc(Br)c1)c1cccc(F)c1. The van der Waals surface area contributed by atoms with Crippen molar-refractivity contribution >= 4 is 37.6 Å². The average Bonchev–Trinajstić information content (AvgIpc) is 2.38. The summed E-state index contributed by atoms with van der Waals surface area (Å²) in [5.74, 6) is -1.85. The van der Waals surface area contributed by atoms with Gasteiger partial charge in [0.25, 0.3) is 0 Å². The topological polar surface area (TPSA) is 40.9 Å². The van der Waals surface area contributed by atoms with Gasteiger partial charge in [0.05, 0.1) is 6.07 Å². The zero-order valence-electron chi connectivity index (χ0n) is 10.1. The van der Waals surface area contributed by atoms with E-state index in [1.807, 2.05) is 6.07 Å². The molecule has 2 aromatic carbocycles. The van der Waals surface area contributed by atoms with Gasteiger partial charge >= 0.3 is 0 Å². The molecule has 0 saturated carbocycles. The number of ketones is 1. The fourth-order valence-electron chi connectivity index (χ4n) is 1.83. The Morgan fingerprint density at radius 3 is 2.35 bits per heavy atom. The molecule has 0 aliphatic heterocycles. The van der Waals surface area contributed by atoms with Gasteiger partial charge in [-0.3, -0.25) is 4.79 Å². The fourth-order valence-corrected chi connectivity index (χ4v) is 3.13. The van der Waals surface area contributed by atoms with Crippen LogP contribution in [0.1, 0.15) is 21.8 Å². The molecule has 2 nitrogen and oxygen atoms in total. The van der Waals surface area contributed by atoms with Crippen LogP contribution in [0, 0.1) is 17.1 Å². The first kappa shape index (κ1) is 14.9. The van der Waals surface area contributed by atoms with Gasteiger partial charge in [-0.2, -0.15) is 5.26 Å². The molecular formula is C15H8Br2FNO. The molecular weight excluding hydrogens is 389 g/mol. The second-order valence-corrected chi connectivity index (χ2v) is 5.97. The van der Waals surface area contributed by atoms with Gasteiger partial charge in [-0.25, -0.2) is 4.39 Å². The minimum atomic E-state index is -1.02. The lowest BCUT2D eigenvalue weighted by atomic mass is 9.92. The summed E-state index contributed by atoms with van der Waals surface area (Å²) in [6.45, 7) is 0. The lowest BCUT2D eigenvalue weighted by Gasteiger charge is -2.09. The Labute approximate surface area is 132 Å². The Balaban J connectivity index is 2.42. The van der Waals surface area contributed by atoms with Gasteiger partial charge in [0.2, 0.25) is 0 Å². The van der Waals surface area contributed by atoms with Crippen molar-refractivity contribution in [3.8, 4) is 6.07 Å². The maximum absolute atomic E-state index is 13.2. The highest BCUT2D eigenvalue weighted by molar-refractivity contribution is 9.11. The van der Waals surface area contributed by atoms with Crippen LogP contribution in [0.25, 0.3) is 0 Å². The van der Waals surface area contributed by atoms with Gasteiger partial charge in [0, 0.05) is 14.5 Å². The lowest BCUT2D eigenvalue weighted by Crippen LogP contribution is -2.11. The van der Waals surface area contributed by atoms with E-state index in [2.05, 4.69) is 31.9 Å². The van der Waals surface area contributed by atoms with E-state index in [1.165, 1.54) is 18.2 Å². The van der Waals surface area contributed by atoms with Crippen molar-refractivity contribution in [2.45, 2.75) is 5.92 Å². The van der Waals surface area contributed by atoms with E-state index in [0.717, 1.165) is 8.95 Å². The number of nitrogens with zero attached hydrogens (tertiary/aromatic N) is 1. The predicted molar refractivity (Wildman–Crippen MR) is 80.9 cm³/mol. The fraction of sp³-hybridized carbons (Fsp3) is 0.0667. The van der Waals surface area contributed by atoms with Gasteiger partial charge in [-0.1, -0.05) is 44.0 Å². The van der Waals surface area contributed by atoms with E-state index in [-0.39, 0.29) is 5.78 Å². The first-order chi connectivity index (χ1) is 9.51. The van der Waals surface area contributed by atoms with Gasteiger partial charge in [-0.15, -0.1) is 0 Å². The van der Waals surface area contributed by atoms with Crippen molar-refractivity contribution in [1.29, 1.82) is 5.26 Å². The van der Waals surface area contributed by atoms with E-state index < -0.39 is 11.7 Å². The molecule has 1 unspecified atom stereocenters.